The molecule has 0 saturated heterocycles. The van der Waals surface area contributed by atoms with Crippen LogP contribution in [-0.4, -0.2) is 46.0 Å². The lowest BCUT2D eigenvalue weighted by molar-refractivity contribution is -0.120. The van der Waals surface area contributed by atoms with Gasteiger partial charge in [-0.1, -0.05) is 28.1 Å². The molecule has 0 bridgehead atoms. The lowest BCUT2D eigenvalue weighted by Gasteiger charge is -2.08. The molecule has 0 aliphatic heterocycles. The van der Waals surface area contributed by atoms with Crippen LogP contribution < -0.4 is 14.8 Å². The summed E-state index contributed by atoms with van der Waals surface area (Å²) in [6, 6.07) is 18.7. The van der Waals surface area contributed by atoms with Crippen molar-refractivity contribution in [2.75, 3.05) is 20.3 Å². The minimum atomic E-state index is -0.0602. The van der Waals surface area contributed by atoms with E-state index in [2.05, 4.69) is 36.5 Å². The number of carbonyl (C=O) groups is 1. The van der Waals surface area contributed by atoms with Crippen LogP contribution in [0.3, 0.4) is 0 Å². The molecule has 8 nitrogen and oxygen atoms in total. The van der Waals surface area contributed by atoms with Crippen molar-refractivity contribution in [1.82, 2.24) is 25.1 Å². The number of aromatic nitrogens is 4. The van der Waals surface area contributed by atoms with Gasteiger partial charge in [0.25, 0.3) is 0 Å². The highest BCUT2D eigenvalue weighted by atomic mass is 79.9. The van der Waals surface area contributed by atoms with Crippen LogP contribution in [0.1, 0.15) is 5.56 Å². The topological polar surface area (TPSA) is 90.6 Å². The summed E-state index contributed by atoms with van der Waals surface area (Å²) in [5.41, 5.74) is 2.42. The van der Waals surface area contributed by atoms with Crippen molar-refractivity contribution < 1.29 is 14.3 Å². The highest BCUT2D eigenvalue weighted by Gasteiger charge is 2.11. The van der Waals surface area contributed by atoms with Gasteiger partial charge >= 0.3 is 0 Å². The minimum absolute atomic E-state index is 0.0602. The van der Waals surface area contributed by atoms with Crippen LogP contribution in [0.4, 0.5) is 0 Å². The van der Waals surface area contributed by atoms with E-state index in [1.54, 1.807) is 23.8 Å². The quantitative estimate of drug-likeness (QED) is 0.388. The van der Waals surface area contributed by atoms with Gasteiger partial charge in [-0.3, -0.25) is 4.79 Å². The van der Waals surface area contributed by atoms with E-state index in [0.717, 1.165) is 21.3 Å². The smallest absolute Gasteiger partial charge is 0.231 e. The fraction of sp³-hybridized carbons (Fsp3) is 0.182. The second-order valence-corrected chi connectivity index (χ2v) is 7.61. The summed E-state index contributed by atoms with van der Waals surface area (Å²) in [6.45, 7) is 0.674. The average Bonchev–Trinajstić information content (AvgIpc) is 3.21. The predicted octanol–water partition coefficient (Wildman–Crippen LogP) is 3.30. The van der Waals surface area contributed by atoms with E-state index in [1.165, 1.54) is 0 Å². The Morgan fingerprint density at radius 2 is 1.81 bits per heavy atom. The highest BCUT2D eigenvalue weighted by molar-refractivity contribution is 9.10. The summed E-state index contributed by atoms with van der Waals surface area (Å²) in [5, 5.41) is 15.7. The Bertz CT molecular complexity index is 1180. The Labute approximate surface area is 187 Å². The van der Waals surface area contributed by atoms with Crippen molar-refractivity contribution in [3.63, 3.8) is 0 Å². The molecule has 0 unspecified atom stereocenters. The number of hydrogen-bond donors (Lipinski definition) is 1. The molecule has 31 heavy (non-hydrogen) atoms. The van der Waals surface area contributed by atoms with Crippen molar-refractivity contribution in [2.45, 2.75) is 6.42 Å². The van der Waals surface area contributed by atoms with Crippen molar-refractivity contribution in [3.05, 3.63) is 70.7 Å². The van der Waals surface area contributed by atoms with E-state index in [1.807, 2.05) is 48.5 Å². The fourth-order valence-corrected chi connectivity index (χ4v) is 3.23. The standard InChI is InChI=1S/C22H20BrN5O3/c1-30-18-8-4-16(5-9-18)22-26-25-19-10-11-21(27-28(19)22)31-13-12-24-20(29)14-15-2-6-17(23)7-3-15/h2-11H,12-14H2,1H3,(H,24,29). The second-order valence-electron chi connectivity index (χ2n) is 6.70. The molecule has 1 amide bonds. The Morgan fingerprint density at radius 3 is 2.55 bits per heavy atom. The molecule has 1 N–H and O–H groups in total. The molecule has 0 saturated carbocycles. The molecule has 0 aliphatic rings. The third-order valence-corrected chi connectivity index (χ3v) is 5.07. The van der Waals surface area contributed by atoms with Crippen molar-refractivity contribution in [3.8, 4) is 23.0 Å². The normalized spacial score (nSPS) is 10.8. The molecule has 2 heterocycles. The number of nitrogens with zero attached hydrogens (tertiary/aromatic N) is 4. The molecule has 158 valence electrons. The van der Waals surface area contributed by atoms with Gasteiger partial charge in [0.2, 0.25) is 11.8 Å². The lowest BCUT2D eigenvalue weighted by atomic mass is 10.1. The fourth-order valence-electron chi connectivity index (χ4n) is 2.97. The zero-order valence-corrected chi connectivity index (χ0v) is 18.4. The van der Waals surface area contributed by atoms with Crippen LogP contribution >= 0.6 is 15.9 Å². The van der Waals surface area contributed by atoms with Gasteiger partial charge in [0.05, 0.1) is 20.1 Å². The third-order valence-electron chi connectivity index (χ3n) is 4.54. The number of rotatable bonds is 8. The van der Waals surface area contributed by atoms with E-state index in [0.29, 0.717) is 36.9 Å². The zero-order valence-electron chi connectivity index (χ0n) is 16.8. The summed E-state index contributed by atoms with van der Waals surface area (Å²) in [4.78, 5) is 12.1. The van der Waals surface area contributed by atoms with Gasteiger partial charge in [-0.05, 0) is 48.0 Å². The number of hydrogen-bond acceptors (Lipinski definition) is 6. The largest absolute Gasteiger partial charge is 0.497 e. The van der Waals surface area contributed by atoms with Crippen LogP contribution in [0.2, 0.25) is 0 Å². The van der Waals surface area contributed by atoms with Gasteiger partial charge < -0.3 is 14.8 Å². The maximum atomic E-state index is 12.1. The van der Waals surface area contributed by atoms with Crippen LogP contribution in [0.5, 0.6) is 11.6 Å². The molecule has 4 rings (SSSR count). The molecule has 4 aromatic rings. The van der Waals surface area contributed by atoms with Gasteiger partial charge in [-0.2, -0.15) is 4.52 Å². The van der Waals surface area contributed by atoms with Gasteiger partial charge in [-0.15, -0.1) is 15.3 Å². The van der Waals surface area contributed by atoms with E-state index in [4.69, 9.17) is 9.47 Å². The summed E-state index contributed by atoms with van der Waals surface area (Å²) < 4.78 is 13.5. The number of nitrogens with one attached hydrogen (secondary N) is 1. The summed E-state index contributed by atoms with van der Waals surface area (Å²) in [5.74, 6) is 1.72. The molecule has 0 fully saturated rings. The number of benzene rings is 2. The molecule has 0 radical (unpaired) electrons. The molecule has 2 aromatic carbocycles. The van der Waals surface area contributed by atoms with Crippen LogP contribution in [0.15, 0.2) is 65.1 Å². The van der Waals surface area contributed by atoms with Gasteiger partial charge in [0.15, 0.2) is 11.5 Å². The first-order valence-electron chi connectivity index (χ1n) is 9.63. The number of halogens is 1. The molecule has 9 heteroatoms. The van der Waals surface area contributed by atoms with Crippen LogP contribution in [-0.2, 0) is 11.2 Å². The highest BCUT2D eigenvalue weighted by Crippen LogP contribution is 2.21. The first-order chi connectivity index (χ1) is 15.1. The molecule has 0 atom stereocenters. The minimum Gasteiger partial charge on any atom is -0.497 e. The van der Waals surface area contributed by atoms with E-state index in [-0.39, 0.29) is 5.91 Å². The lowest BCUT2D eigenvalue weighted by Crippen LogP contribution is -2.29. The Balaban J connectivity index is 1.34. The van der Waals surface area contributed by atoms with E-state index in [9.17, 15) is 4.79 Å². The van der Waals surface area contributed by atoms with E-state index >= 15 is 0 Å². The Morgan fingerprint density at radius 1 is 1.03 bits per heavy atom. The number of methoxy groups -OCH3 is 1. The summed E-state index contributed by atoms with van der Waals surface area (Å²) >= 11 is 3.38. The maximum absolute atomic E-state index is 12.1. The van der Waals surface area contributed by atoms with Crippen molar-refractivity contribution >= 4 is 27.5 Å². The summed E-state index contributed by atoms with van der Waals surface area (Å²) in [7, 11) is 1.62. The monoisotopic (exact) mass is 481 g/mol. The first kappa shape index (κ1) is 20.8. The molecular formula is C22H20BrN5O3. The SMILES string of the molecule is COc1ccc(-c2nnc3ccc(OCCNC(=O)Cc4ccc(Br)cc4)nn23)cc1. The van der Waals surface area contributed by atoms with Crippen LogP contribution in [0, 0.1) is 0 Å². The Kier molecular flexibility index (Phi) is 6.42. The van der Waals surface area contributed by atoms with Crippen molar-refractivity contribution in [1.29, 1.82) is 0 Å². The third kappa shape index (κ3) is 5.18. The van der Waals surface area contributed by atoms with Gasteiger partial charge in [0, 0.05) is 16.1 Å². The number of carbonyl (C=O) groups excluding carboxylic acids is 1. The molecule has 0 spiro atoms. The molecule has 2 aromatic heterocycles. The second kappa shape index (κ2) is 9.57. The van der Waals surface area contributed by atoms with Crippen molar-refractivity contribution in [2.24, 2.45) is 0 Å². The van der Waals surface area contributed by atoms with Gasteiger partial charge in [0.1, 0.15) is 12.4 Å². The van der Waals surface area contributed by atoms with E-state index < -0.39 is 0 Å². The number of ether oxygens (including phenoxy) is 2. The van der Waals surface area contributed by atoms with Crippen LogP contribution in [0.25, 0.3) is 17.0 Å². The molecule has 0 aliphatic carbocycles. The Hall–Kier alpha value is -3.46. The number of fused-ring (bicyclic) bond motifs is 1. The maximum Gasteiger partial charge on any atom is 0.231 e. The zero-order chi connectivity index (χ0) is 21.6. The molecular weight excluding hydrogens is 462 g/mol. The predicted molar refractivity (Wildman–Crippen MR) is 119 cm³/mol. The number of amides is 1. The average molecular weight is 482 g/mol. The first-order valence-corrected chi connectivity index (χ1v) is 10.4. The van der Waals surface area contributed by atoms with Gasteiger partial charge in [-0.25, -0.2) is 0 Å². The summed E-state index contributed by atoms with van der Waals surface area (Å²) in [6.07, 6.45) is 0.323.